The minimum absolute atomic E-state index is 0.530. The van der Waals surface area contributed by atoms with Crippen LogP contribution in [0.25, 0.3) is 0 Å². The second kappa shape index (κ2) is 6.11. The van der Waals surface area contributed by atoms with Gasteiger partial charge in [-0.1, -0.05) is 0 Å². The summed E-state index contributed by atoms with van der Waals surface area (Å²) in [6.45, 7) is 3.83. The van der Waals surface area contributed by atoms with E-state index in [0.29, 0.717) is 6.54 Å². The molecule has 100 valence electrons. The summed E-state index contributed by atoms with van der Waals surface area (Å²) in [5.41, 5.74) is 6.84. The lowest BCUT2D eigenvalue weighted by Crippen LogP contribution is -2.38. The number of anilines is 1. The predicted molar refractivity (Wildman–Crippen MR) is 73.4 cm³/mol. The second-order valence-electron chi connectivity index (χ2n) is 5.28. The average molecular weight is 249 g/mol. The topological polar surface area (TPSA) is 58.3 Å². The summed E-state index contributed by atoms with van der Waals surface area (Å²) in [4.78, 5) is 4.59. The number of nitrogens with zero attached hydrogens (tertiary/aromatic N) is 4. The predicted octanol–water partition coefficient (Wildman–Crippen LogP) is 0.713. The van der Waals surface area contributed by atoms with Crippen molar-refractivity contribution in [2.24, 2.45) is 11.7 Å². The van der Waals surface area contributed by atoms with E-state index in [0.717, 1.165) is 30.4 Å². The van der Waals surface area contributed by atoms with Gasteiger partial charge in [-0.05, 0) is 38.9 Å². The van der Waals surface area contributed by atoms with Crippen molar-refractivity contribution in [1.29, 1.82) is 0 Å². The van der Waals surface area contributed by atoms with E-state index in [-0.39, 0.29) is 0 Å². The first kappa shape index (κ1) is 13.2. The van der Waals surface area contributed by atoms with Gasteiger partial charge in [0.1, 0.15) is 0 Å². The number of hydrogen-bond donors (Lipinski definition) is 1. The molecule has 2 N–H and O–H groups in total. The fourth-order valence-corrected chi connectivity index (χ4v) is 2.62. The lowest BCUT2D eigenvalue weighted by Gasteiger charge is -2.34. The monoisotopic (exact) mass is 249 g/mol. The molecule has 1 aliphatic heterocycles. The number of hydrogen-bond acceptors (Lipinski definition) is 5. The van der Waals surface area contributed by atoms with E-state index in [4.69, 9.17) is 5.73 Å². The van der Waals surface area contributed by atoms with Crippen LogP contribution in [0.2, 0.25) is 0 Å². The summed E-state index contributed by atoms with van der Waals surface area (Å²) < 4.78 is 0. The molecule has 0 amide bonds. The van der Waals surface area contributed by atoms with Crippen LogP contribution in [0.4, 0.5) is 5.82 Å². The third-order valence-corrected chi connectivity index (χ3v) is 3.54. The molecule has 5 heteroatoms. The summed E-state index contributed by atoms with van der Waals surface area (Å²) in [5.74, 6) is 1.78. The summed E-state index contributed by atoms with van der Waals surface area (Å²) >= 11 is 0. The van der Waals surface area contributed by atoms with Gasteiger partial charge in [-0.25, -0.2) is 0 Å². The molecular formula is C13H23N5. The number of piperidine rings is 1. The summed E-state index contributed by atoms with van der Waals surface area (Å²) in [7, 11) is 4.28. The second-order valence-corrected chi connectivity index (χ2v) is 5.28. The van der Waals surface area contributed by atoms with Crippen molar-refractivity contribution in [3.63, 3.8) is 0 Å². The summed E-state index contributed by atoms with van der Waals surface area (Å²) in [5, 5.41) is 8.23. The molecule has 0 atom stereocenters. The maximum Gasteiger partial charge on any atom is 0.155 e. The van der Waals surface area contributed by atoms with E-state index in [9.17, 15) is 0 Å². The van der Waals surface area contributed by atoms with Crippen molar-refractivity contribution in [2.75, 3.05) is 38.6 Å². The lowest BCUT2D eigenvalue weighted by atomic mass is 9.96. The smallest absolute Gasteiger partial charge is 0.155 e. The molecule has 18 heavy (non-hydrogen) atoms. The minimum atomic E-state index is 0.530. The Bertz CT molecular complexity index is 371. The molecule has 2 rings (SSSR count). The Kier molecular flexibility index (Phi) is 4.49. The molecule has 0 saturated carbocycles. The maximum atomic E-state index is 5.75. The molecule has 0 aromatic carbocycles. The molecular weight excluding hydrogens is 226 g/mol. The molecule has 1 fully saturated rings. The molecule has 0 bridgehead atoms. The first-order valence-electron chi connectivity index (χ1n) is 6.61. The number of nitrogens with two attached hydrogens (primary N) is 1. The highest BCUT2D eigenvalue weighted by Crippen LogP contribution is 2.24. The summed E-state index contributed by atoms with van der Waals surface area (Å²) in [6, 6.07) is 1.97. The molecule has 0 aliphatic carbocycles. The van der Waals surface area contributed by atoms with Gasteiger partial charge in [0.05, 0.1) is 6.20 Å². The molecule has 0 spiro atoms. The molecule has 5 nitrogen and oxygen atoms in total. The van der Waals surface area contributed by atoms with E-state index < -0.39 is 0 Å². The van der Waals surface area contributed by atoms with Crippen molar-refractivity contribution in [2.45, 2.75) is 19.4 Å². The normalized spacial score (nSPS) is 17.4. The Labute approximate surface area is 109 Å². The molecule has 1 aromatic heterocycles. The SMILES string of the molecule is CN(C)CC1CCN(c2nnccc2CN)CC1. The highest BCUT2D eigenvalue weighted by molar-refractivity contribution is 5.45. The van der Waals surface area contributed by atoms with E-state index in [1.807, 2.05) is 6.07 Å². The van der Waals surface area contributed by atoms with E-state index >= 15 is 0 Å². The van der Waals surface area contributed by atoms with Gasteiger partial charge in [0, 0.05) is 31.7 Å². The van der Waals surface area contributed by atoms with Crippen LogP contribution in [0.15, 0.2) is 12.3 Å². The molecule has 1 saturated heterocycles. The Hall–Kier alpha value is -1.20. The fraction of sp³-hybridized carbons (Fsp3) is 0.692. The first-order valence-corrected chi connectivity index (χ1v) is 6.61. The largest absolute Gasteiger partial charge is 0.355 e. The van der Waals surface area contributed by atoms with Crippen LogP contribution in [0, 0.1) is 5.92 Å². The van der Waals surface area contributed by atoms with Crippen molar-refractivity contribution in [1.82, 2.24) is 15.1 Å². The summed E-state index contributed by atoms with van der Waals surface area (Å²) in [6.07, 6.45) is 4.15. The van der Waals surface area contributed by atoms with E-state index in [2.05, 4.69) is 34.1 Å². The molecule has 0 radical (unpaired) electrons. The quantitative estimate of drug-likeness (QED) is 0.852. The lowest BCUT2D eigenvalue weighted by molar-refractivity contribution is 0.284. The Morgan fingerprint density at radius 3 is 2.72 bits per heavy atom. The van der Waals surface area contributed by atoms with E-state index in [1.54, 1.807) is 6.20 Å². The Morgan fingerprint density at radius 1 is 1.39 bits per heavy atom. The number of rotatable bonds is 4. The fourth-order valence-electron chi connectivity index (χ4n) is 2.62. The van der Waals surface area contributed by atoms with Gasteiger partial charge in [0.25, 0.3) is 0 Å². The van der Waals surface area contributed by atoms with Crippen LogP contribution in [0.1, 0.15) is 18.4 Å². The highest BCUT2D eigenvalue weighted by Gasteiger charge is 2.22. The average Bonchev–Trinajstić information content (AvgIpc) is 2.39. The van der Waals surface area contributed by atoms with Crippen molar-refractivity contribution in [3.8, 4) is 0 Å². The van der Waals surface area contributed by atoms with Gasteiger partial charge in [-0.3, -0.25) is 0 Å². The van der Waals surface area contributed by atoms with Crippen LogP contribution in [0.5, 0.6) is 0 Å². The van der Waals surface area contributed by atoms with E-state index in [1.165, 1.54) is 19.4 Å². The zero-order chi connectivity index (χ0) is 13.0. The molecule has 1 aliphatic rings. The zero-order valence-corrected chi connectivity index (χ0v) is 11.3. The van der Waals surface area contributed by atoms with Crippen LogP contribution in [-0.4, -0.2) is 48.8 Å². The third-order valence-electron chi connectivity index (χ3n) is 3.54. The van der Waals surface area contributed by atoms with Gasteiger partial charge < -0.3 is 15.5 Å². The maximum absolute atomic E-state index is 5.75. The van der Waals surface area contributed by atoms with Crippen LogP contribution in [-0.2, 0) is 6.54 Å². The van der Waals surface area contributed by atoms with Crippen molar-refractivity contribution < 1.29 is 0 Å². The highest BCUT2D eigenvalue weighted by atomic mass is 15.3. The Balaban J connectivity index is 1.97. The van der Waals surface area contributed by atoms with Crippen molar-refractivity contribution >= 4 is 5.82 Å². The van der Waals surface area contributed by atoms with Crippen LogP contribution in [0.3, 0.4) is 0 Å². The molecule has 2 heterocycles. The van der Waals surface area contributed by atoms with Gasteiger partial charge in [-0.15, -0.1) is 5.10 Å². The van der Waals surface area contributed by atoms with Gasteiger partial charge in [-0.2, -0.15) is 5.10 Å². The number of aromatic nitrogens is 2. The molecule has 0 unspecified atom stereocenters. The van der Waals surface area contributed by atoms with Gasteiger partial charge >= 0.3 is 0 Å². The Morgan fingerprint density at radius 2 is 2.11 bits per heavy atom. The first-order chi connectivity index (χ1) is 8.70. The third kappa shape index (κ3) is 3.17. The van der Waals surface area contributed by atoms with Crippen molar-refractivity contribution in [3.05, 3.63) is 17.8 Å². The zero-order valence-electron chi connectivity index (χ0n) is 11.3. The van der Waals surface area contributed by atoms with Crippen LogP contribution >= 0.6 is 0 Å². The van der Waals surface area contributed by atoms with Crippen LogP contribution < -0.4 is 10.6 Å². The minimum Gasteiger partial charge on any atom is -0.355 e. The standard InChI is InChI=1S/C13H23N5/c1-17(2)10-11-4-7-18(8-5-11)13-12(9-14)3-6-15-16-13/h3,6,11H,4-5,7-10,14H2,1-2H3. The van der Waals surface area contributed by atoms with Gasteiger partial charge in [0.2, 0.25) is 0 Å². The van der Waals surface area contributed by atoms with Gasteiger partial charge in [0.15, 0.2) is 5.82 Å². The molecule has 1 aromatic rings.